The molecule has 5 aromatic rings. The van der Waals surface area contributed by atoms with Gasteiger partial charge in [0.1, 0.15) is 35.2 Å². The Morgan fingerprint density at radius 2 is 1.64 bits per heavy atom. The Kier molecular flexibility index (Phi) is 8.47. The van der Waals surface area contributed by atoms with Crippen LogP contribution in [0.5, 0.6) is 11.5 Å². The molecule has 234 valence electrons. The zero-order valence-electron chi connectivity index (χ0n) is 26.6. The highest BCUT2D eigenvalue weighted by Gasteiger charge is 2.42. The molecule has 0 bridgehead atoms. The zero-order valence-corrected chi connectivity index (χ0v) is 27.6. The summed E-state index contributed by atoms with van der Waals surface area (Å²) >= 11 is 0. The number of rotatable bonds is 8. The molecule has 2 aromatic heterocycles. The van der Waals surface area contributed by atoms with E-state index in [1.807, 2.05) is 41.1 Å². The monoisotopic (exact) mass is 624 g/mol. The van der Waals surface area contributed by atoms with Crippen molar-refractivity contribution in [3.05, 3.63) is 96.6 Å². The number of nitrogen functional groups attached to an aromatic ring is 1. The molecule has 1 fully saturated rings. The lowest BCUT2D eigenvalue weighted by Gasteiger charge is -2.44. The lowest BCUT2D eigenvalue weighted by molar-refractivity contribution is 0.0442. The van der Waals surface area contributed by atoms with Crippen molar-refractivity contribution in [3.8, 4) is 22.8 Å². The van der Waals surface area contributed by atoms with E-state index in [1.54, 1.807) is 12.1 Å². The summed E-state index contributed by atoms with van der Waals surface area (Å²) in [7, 11) is -2.06. The largest absolute Gasteiger partial charge is 0.457 e. The number of likely N-dealkylation sites (tertiary alicyclic amines) is 1. The van der Waals surface area contributed by atoms with E-state index in [1.165, 1.54) is 18.0 Å². The molecule has 3 heterocycles. The molecule has 1 aliphatic rings. The fraction of sp³-hybridized carbons (Fsp3) is 0.343. The van der Waals surface area contributed by atoms with Crippen molar-refractivity contribution in [2.75, 3.05) is 18.8 Å². The van der Waals surface area contributed by atoms with Gasteiger partial charge in [0, 0.05) is 31.3 Å². The van der Waals surface area contributed by atoms with E-state index in [9.17, 15) is 0 Å². The van der Waals surface area contributed by atoms with Crippen LogP contribution in [0.1, 0.15) is 38.8 Å². The summed E-state index contributed by atoms with van der Waals surface area (Å²) in [4.78, 5) is 11.3. The molecule has 1 saturated heterocycles. The molecular formula is C35H41FN6O2Si. The quantitative estimate of drug-likeness (QED) is 0.176. The van der Waals surface area contributed by atoms with E-state index in [2.05, 4.69) is 73.0 Å². The summed E-state index contributed by atoms with van der Waals surface area (Å²) in [5.41, 5.74) is 8.97. The number of aromatic nitrogens is 4. The van der Waals surface area contributed by atoms with Gasteiger partial charge in [-0.3, -0.25) is 4.90 Å². The molecule has 0 saturated carbocycles. The Bertz CT molecular complexity index is 1770. The van der Waals surface area contributed by atoms with Gasteiger partial charge in [-0.25, -0.2) is 19.0 Å². The number of nitrogens with zero attached hydrogens (tertiary/aromatic N) is 5. The first-order chi connectivity index (χ1) is 21.5. The number of ether oxygens (including phenoxy) is 1. The molecule has 0 spiro atoms. The molecular weight excluding hydrogens is 584 g/mol. The van der Waals surface area contributed by atoms with Crippen molar-refractivity contribution >= 4 is 25.2 Å². The van der Waals surface area contributed by atoms with Crippen LogP contribution in [0.15, 0.2) is 85.2 Å². The van der Waals surface area contributed by atoms with Gasteiger partial charge in [-0.15, -0.1) is 0 Å². The van der Waals surface area contributed by atoms with Crippen LogP contribution in [0.25, 0.3) is 22.3 Å². The van der Waals surface area contributed by atoms with Gasteiger partial charge in [0.25, 0.3) is 0 Å². The number of benzene rings is 3. The number of fused-ring (bicyclic) bond motifs is 1. The summed E-state index contributed by atoms with van der Waals surface area (Å²) in [6, 6.07) is 24.5. The van der Waals surface area contributed by atoms with E-state index >= 15 is 4.39 Å². The number of piperidine rings is 1. The lowest BCUT2D eigenvalue weighted by atomic mass is 10.0. The first-order valence-corrected chi connectivity index (χ1v) is 18.3. The van der Waals surface area contributed by atoms with Crippen LogP contribution < -0.4 is 10.5 Å². The van der Waals surface area contributed by atoms with Crippen LogP contribution in [-0.4, -0.2) is 52.2 Å². The Morgan fingerprint density at radius 1 is 0.933 bits per heavy atom. The SMILES string of the molecule is CC(C)(C)[Si](C)(C)O[C@@H]1C[C@@H](n2nc(-c3ccc(Oc4ccccc4)cc3F)c3c(N)ncnc32)CN(Cc2ccccc2)C1. The fourth-order valence-corrected chi connectivity index (χ4v) is 7.11. The Hall–Kier alpha value is -4.12. The summed E-state index contributed by atoms with van der Waals surface area (Å²) in [5.74, 6) is 0.816. The van der Waals surface area contributed by atoms with Gasteiger partial charge in [0.15, 0.2) is 14.0 Å². The average molecular weight is 625 g/mol. The lowest BCUT2D eigenvalue weighted by Crippen LogP contribution is -2.51. The van der Waals surface area contributed by atoms with E-state index in [-0.39, 0.29) is 23.0 Å². The van der Waals surface area contributed by atoms with Crippen molar-refractivity contribution in [1.82, 2.24) is 24.6 Å². The third kappa shape index (κ3) is 6.63. The Balaban J connectivity index is 1.37. The van der Waals surface area contributed by atoms with Crippen molar-refractivity contribution in [1.29, 1.82) is 0 Å². The van der Waals surface area contributed by atoms with Crippen LogP contribution in [0, 0.1) is 5.82 Å². The summed E-state index contributed by atoms with van der Waals surface area (Å²) < 4.78 is 30.6. The Labute approximate surface area is 265 Å². The molecule has 2 N–H and O–H groups in total. The maximum Gasteiger partial charge on any atom is 0.192 e. The Morgan fingerprint density at radius 3 is 2.33 bits per heavy atom. The third-order valence-corrected chi connectivity index (χ3v) is 13.6. The van der Waals surface area contributed by atoms with E-state index in [0.29, 0.717) is 33.8 Å². The number of hydrogen-bond acceptors (Lipinski definition) is 7. The van der Waals surface area contributed by atoms with Crippen molar-refractivity contribution in [3.63, 3.8) is 0 Å². The first-order valence-electron chi connectivity index (χ1n) is 15.4. The normalized spacial score (nSPS) is 17.9. The molecule has 2 atom stereocenters. The number of para-hydroxylation sites is 1. The maximum atomic E-state index is 15.8. The predicted octanol–water partition coefficient (Wildman–Crippen LogP) is 7.84. The topological polar surface area (TPSA) is 91.3 Å². The number of nitrogens with two attached hydrogens (primary N) is 1. The molecule has 3 aromatic carbocycles. The van der Waals surface area contributed by atoms with Crippen LogP contribution in [-0.2, 0) is 11.0 Å². The third-order valence-electron chi connectivity index (χ3n) is 9.02. The second-order valence-corrected chi connectivity index (χ2v) is 18.1. The minimum absolute atomic E-state index is 0.00129. The molecule has 0 amide bonds. The van der Waals surface area contributed by atoms with E-state index in [4.69, 9.17) is 20.0 Å². The minimum Gasteiger partial charge on any atom is -0.457 e. The van der Waals surface area contributed by atoms with Crippen LogP contribution in [0.2, 0.25) is 18.1 Å². The van der Waals surface area contributed by atoms with Crippen molar-refractivity contribution < 1.29 is 13.6 Å². The molecule has 0 radical (unpaired) electrons. The second-order valence-electron chi connectivity index (χ2n) is 13.4. The number of halogens is 1. The molecule has 6 rings (SSSR count). The van der Waals surface area contributed by atoms with Gasteiger partial charge < -0.3 is 14.9 Å². The molecule has 0 aliphatic carbocycles. The van der Waals surface area contributed by atoms with Crippen LogP contribution in [0.3, 0.4) is 0 Å². The van der Waals surface area contributed by atoms with Crippen molar-refractivity contribution in [2.24, 2.45) is 0 Å². The molecule has 45 heavy (non-hydrogen) atoms. The predicted molar refractivity (Wildman–Crippen MR) is 179 cm³/mol. The summed E-state index contributed by atoms with van der Waals surface area (Å²) in [6.07, 6.45) is 2.20. The van der Waals surface area contributed by atoms with Crippen LogP contribution >= 0.6 is 0 Å². The van der Waals surface area contributed by atoms with E-state index < -0.39 is 14.1 Å². The fourth-order valence-electron chi connectivity index (χ4n) is 5.75. The van der Waals surface area contributed by atoms with Gasteiger partial charge in [-0.2, -0.15) is 5.10 Å². The highest BCUT2D eigenvalue weighted by atomic mass is 28.4. The first kappa shape index (κ1) is 30.9. The van der Waals surface area contributed by atoms with Gasteiger partial charge in [-0.1, -0.05) is 69.3 Å². The molecule has 1 aliphatic heterocycles. The number of hydrogen-bond donors (Lipinski definition) is 1. The maximum absolute atomic E-state index is 15.8. The highest BCUT2D eigenvalue weighted by Crippen LogP contribution is 2.40. The summed E-state index contributed by atoms with van der Waals surface area (Å²) in [6.45, 7) is 13.7. The van der Waals surface area contributed by atoms with E-state index in [0.717, 1.165) is 26.1 Å². The van der Waals surface area contributed by atoms with Crippen molar-refractivity contribution in [2.45, 2.75) is 64.0 Å². The smallest absolute Gasteiger partial charge is 0.192 e. The number of anilines is 1. The summed E-state index contributed by atoms with van der Waals surface area (Å²) in [5, 5.41) is 5.63. The highest BCUT2D eigenvalue weighted by molar-refractivity contribution is 6.74. The average Bonchev–Trinajstić information content (AvgIpc) is 3.38. The second kappa shape index (κ2) is 12.3. The van der Waals surface area contributed by atoms with Gasteiger partial charge >= 0.3 is 0 Å². The minimum atomic E-state index is -2.06. The van der Waals surface area contributed by atoms with Gasteiger partial charge in [0.2, 0.25) is 0 Å². The molecule has 10 heteroatoms. The molecule has 8 nitrogen and oxygen atoms in total. The standard InChI is InChI=1S/C35H41FN6O2Si/c1-35(2,3)45(4,5)44-28-18-25(21-41(22-28)20-24-12-8-6-9-13-24)42-34-31(33(37)38-23-39-34)32(40-42)29-17-16-27(19-30(29)36)43-26-14-10-7-11-15-26/h6-17,19,23,25,28H,18,20-22H2,1-5H3,(H2,37,38,39)/t25-,28-/m1/s1. The van der Waals surface area contributed by atoms with Gasteiger partial charge in [-0.05, 0) is 54.4 Å². The molecule has 0 unspecified atom stereocenters. The van der Waals surface area contributed by atoms with Gasteiger partial charge in [0.05, 0.1) is 17.5 Å². The zero-order chi connectivity index (χ0) is 31.8. The van der Waals surface area contributed by atoms with Crippen LogP contribution in [0.4, 0.5) is 10.2 Å².